The third kappa shape index (κ3) is 16.6. The molecule has 0 aliphatic heterocycles. The van der Waals surface area contributed by atoms with Gasteiger partial charge in [-0.3, -0.25) is 0 Å². The molecule has 0 spiro atoms. The Morgan fingerprint density at radius 3 is 1.25 bits per heavy atom. The van der Waals surface area contributed by atoms with Crippen molar-refractivity contribution in [2.45, 2.75) is 0 Å². The van der Waals surface area contributed by atoms with Crippen molar-refractivity contribution in [3.8, 4) is 0 Å². The van der Waals surface area contributed by atoms with E-state index < -0.39 is 0 Å². The minimum atomic E-state index is 0. The zero-order valence-electron chi connectivity index (χ0n) is 1.76. The molecule has 0 aromatic heterocycles. The molecule has 31 valence electrons. The van der Waals surface area contributed by atoms with Crippen molar-refractivity contribution in [2.24, 2.45) is 0 Å². The van der Waals surface area contributed by atoms with Gasteiger partial charge in [-0.1, -0.05) is 0 Å². The van der Waals surface area contributed by atoms with Crippen molar-refractivity contribution in [1.82, 2.24) is 0 Å². The minimum Gasteiger partial charge on any atom is -0.307 e. The number of rotatable bonds is 0. The molecule has 4 heavy (non-hydrogen) atoms. The number of carbonyl (C=O) groups excluding carboxylic acids is 1. The van der Waals surface area contributed by atoms with Gasteiger partial charge >= 0.3 is 0 Å². The van der Waals surface area contributed by atoms with Crippen LogP contribution in [0.3, 0.4) is 0 Å². The van der Waals surface area contributed by atoms with Crippen LogP contribution in [0.15, 0.2) is 0 Å². The Labute approximate surface area is 45.3 Å². The molecule has 0 aromatic rings. The number of hydrogen-bond acceptors (Lipinski definition) is 1. The summed E-state index contributed by atoms with van der Waals surface area (Å²) in [6.07, 6.45) is 0. The second-order valence-electron chi connectivity index (χ2n) is 0. The van der Waals surface area contributed by atoms with E-state index >= 15 is 0 Å². The van der Waals surface area contributed by atoms with Crippen molar-refractivity contribution >= 4 is 6.79 Å². The molecular weight excluding hydrogens is 146 g/mol. The minimum absolute atomic E-state index is 0. The first-order chi connectivity index (χ1) is 1.00. The maximum absolute atomic E-state index is 8.00. The monoisotopic (exact) mass is 147 g/mol. The van der Waals surface area contributed by atoms with Gasteiger partial charge in [0.1, 0.15) is 6.79 Å². The summed E-state index contributed by atoms with van der Waals surface area (Å²) in [6, 6.07) is 0. The van der Waals surface area contributed by atoms with Crippen LogP contribution >= 0.6 is 0 Å². The Kier molecular flexibility index (Phi) is 329. The summed E-state index contributed by atoms with van der Waals surface area (Å²) in [5.41, 5.74) is 0. The zero-order chi connectivity index (χ0) is 2.00. The fourth-order valence-corrected chi connectivity index (χ4v) is 0. The largest absolute Gasteiger partial charge is 0.307 e. The van der Waals surface area contributed by atoms with Crippen LogP contribution in [0.5, 0.6) is 0 Å². The molecular formula is CH2CoNiO. The van der Waals surface area contributed by atoms with Crippen molar-refractivity contribution < 1.29 is 38.1 Å². The van der Waals surface area contributed by atoms with Crippen molar-refractivity contribution in [2.75, 3.05) is 0 Å². The topological polar surface area (TPSA) is 17.1 Å². The molecule has 0 amide bonds. The van der Waals surface area contributed by atoms with Gasteiger partial charge in [0, 0.05) is 33.3 Å². The summed E-state index contributed by atoms with van der Waals surface area (Å²) in [6.45, 7) is 2.00. The van der Waals surface area contributed by atoms with Crippen molar-refractivity contribution in [3.05, 3.63) is 0 Å². The van der Waals surface area contributed by atoms with Crippen molar-refractivity contribution in [3.63, 3.8) is 0 Å². The fraction of sp³-hybridized carbons (Fsp3) is 0. The van der Waals surface area contributed by atoms with Crippen LogP contribution in [0.25, 0.3) is 0 Å². The first-order valence-electron chi connectivity index (χ1n) is 0.289. The van der Waals surface area contributed by atoms with Gasteiger partial charge in [0.25, 0.3) is 0 Å². The molecule has 0 bridgehead atoms. The van der Waals surface area contributed by atoms with Gasteiger partial charge in [-0.25, -0.2) is 0 Å². The Bertz CT molecular complexity index is 8.00. The standard InChI is InChI=1S/CH2O.Co.Ni/c1-2;;/h1H2;;. The molecule has 0 saturated heterocycles. The van der Waals surface area contributed by atoms with E-state index in [0.717, 1.165) is 0 Å². The molecule has 0 rings (SSSR count). The summed E-state index contributed by atoms with van der Waals surface area (Å²) < 4.78 is 0. The summed E-state index contributed by atoms with van der Waals surface area (Å²) in [7, 11) is 0. The van der Waals surface area contributed by atoms with E-state index in [1.807, 2.05) is 6.79 Å². The Morgan fingerprint density at radius 1 is 1.25 bits per heavy atom. The number of hydrogen-bond donors (Lipinski definition) is 0. The van der Waals surface area contributed by atoms with Crippen LogP contribution in [0, 0.1) is 0 Å². The number of carbonyl (C=O) groups is 1. The van der Waals surface area contributed by atoms with Crippen LogP contribution < -0.4 is 0 Å². The summed E-state index contributed by atoms with van der Waals surface area (Å²) in [4.78, 5) is 8.00. The normalized spacial score (nSPS) is 1.00. The molecule has 0 unspecified atom stereocenters. The predicted molar refractivity (Wildman–Crippen MR) is 7.12 cm³/mol. The molecule has 0 saturated carbocycles. The van der Waals surface area contributed by atoms with Crippen LogP contribution in [-0.2, 0) is 38.1 Å². The molecule has 0 fully saturated rings. The van der Waals surface area contributed by atoms with Crippen molar-refractivity contribution in [1.29, 1.82) is 0 Å². The second kappa shape index (κ2) is 58.3. The average Bonchev–Trinajstić information content (AvgIpc) is 1.00. The maximum Gasteiger partial charge on any atom is 0.106 e. The van der Waals surface area contributed by atoms with Gasteiger partial charge in [0.05, 0.1) is 0 Å². The first kappa shape index (κ1) is 22.6. The van der Waals surface area contributed by atoms with Crippen LogP contribution in [0.4, 0.5) is 0 Å². The fourth-order valence-electron chi connectivity index (χ4n) is 0. The molecule has 0 heterocycles. The zero-order valence-corrected chi connectivity index (χ0v) is 3.79. The van der Waals surface area contributed by atoms with E-state index in [0.29, 0.717) is 0 Å². The van der Waals surface area contributed by atoms with E-state index in [4.69, 9.17) is 4.79 Å². The Hall–Kier alpha value is 0.670. The molecule has 0 atom stereocenters. The smallest absolute Gasteiger partial charge is 0.106 e. The molecule has 1 radical (unpaired) electrons. The SMILES string of the molecule is C=O.[Co].[Ni]. The van der Waals surface area contributed by atoms with Crippen LogP contribution in [-0.4, -0.2) is 6.79 Å². The Balaban J connectivity index is -0.00000000500. The van der Waals surface area contributed by atoms with E-state index in [1.54, 1.807) is 0 Å². The summed E-state index contributed by atoms with van der Waals surface area (Å²) in [5.74, 6) is 0. The van der Waals surface area contributed by atoms with E-state index in [1.165, 1.54) is 0 Å². The summed E-state index contributed by atoms with van der Waals surface area (Å²) in [5, 5.41) is 0. The maximum atomic E-state index is 8.00. The van der Waals surface area contributed by atoms with E-state index in [-0.39, 0.29) is 33.3 Å². The van der Waals surface area contributed by atoms with Crippen LogP contribution in [0.2, 0.25) is 0 Å². The van der Waals surface area contributed by atoms with Gasteiger partial charge in [-0.05, 0) is 0 Å². The molecule has 1 nitrogen and oxygen atoms in total. The second-order valence-corrected chi connectivity index (χ2v) is 0. The van der Waals surface area contributed by atoms with Gasteiger partial charge in [-0.2, -0.15) is 0 Å². The molecule has 3 heteroatoms. The molecule has 0 aromatic carbocycles. The third-order valence-electron chi connectivity index (χ3n) is 0. The summed E-state index contributed by atoms with van der Waals surface area (Å²) >= 11 is 0. The molecule has 0 aliphatic carbocycles. The van der Waals surface area contributed by atoms with Gasteiger partial charge in [-0.15, -0.1) is 0 Å². The van der Waals surface area contributed by atoms with Crippen LogP contribution in [0.1, 0.15) is 0 Å². The average molecular weight is 148 g/mol. The third-order valence-corrected chi connectivity index (χ3v) is 0. The van der Waals surface area contributed by atoms with E-state index in [2.05, 4.69) is 0 Å². The molecule has 0 aliphatic rings. The van der Waals surface area contributed by atoms with E-state index in [9.17, 15) is 0 Å². The van der Waals surface area contributed by atoms with Gasteiger partial charge < -0.3 is 4.79 Å². The quantitative estimate of drug-likeness (QED) is 0.435. The predicted octanol–water partition coefficient (Wildman–Crippen LogP) is -0.190. The Morgan fingerprint density at radius 2 is 1.25 bits per heavy atom. The van der Waals surface area contributed by atoms with Gasteiger partial charge in [0.15, 0.2) is 0 Å². The molecule has 0 N–H and O–H groups in total. The first-order valence-corrected chi connectivity index (χ1v) is 0.289. The van der Waals surface area contributed by atoms with Gasteiger partial charge in [0.2, 0.25) is 0 Å².